The zero-order valence-corrected chi connectivity index (χ0v) is 5.25. The Morgan fingerprint density at radius 3 is 2.14 bits per heavy atom. The van der Waals surface area contributed by atoms with Gasteiger partial charge in [-0.2, -0.15) is 0 Å². The molecule has 0 saturated heterocycles. The van der Waals surface area contributed by atoms with E-state index in [1.807, 2.05) is 6.29 Å². The third-order valence-electron chi connectivity index (χ3n) is 0.610. The van der Waals surface area contributed by atoms with Gasteiger partial charge in [0.05, 0.1) is 0 Å². The van der Waals surface area contributed by atoms with Crippen molar-refractivity contribution in [2.24, 2.45) is 5.41 Å². The molecule has 7 heavy (non-hydrogen) atoms. The van der Waals surface area contributed by atoms with Crippen molar-refractivity contribution in [3.63, 3.8) is 0 Å². The Hall–Kier alpha value is -0.0400. The highest BCUT2D eigenvalue weighted by molar-refractivity contribution is 6.19. The first kappa shape index (κ1) is 6.96. The Morgan fingerprint density at radius 2 is 2.14 bits per heavy atom. The molecule has 0 rings (SSSR count). The van der Waals surface area contributed by atoms with Crippen LogP contribution in [-0.2, 0) is 4.79 Å². The molecule has 41 valence electrons. The molecule has 0 N–H and O–H groups in total. The summed E-state index contributed by atoms with van der Waals surface area (Å²) in [5, 5.41) is 0. The van der Waals surface area contributed by atoms with Crippen LogP contribution in [0.25, 0.3) is 0 Å². The molecule has 0 bridgehead atoms. The van der Waals surface area contributed by atoms with Crippen molar-refractivity contribution in [1.82, 2.24) is 0 Å². The molecular formula is C5H8ClO. The van der Waals surface area contributed by atoms with Crippen molar-refractivity contribution in [3.05, 3.63) is 0 Å². The van der Waals surface area contributed by atoms with Gasteiger partial charge in [0.15, 0.2) is 0 Å². The summed E-state index contributed by atoms with van der Waals surface area (Å²) in [7, 11) is 0. The molecule has 0 aliphatic heterocycles. The van der Waals surface area contributed by atoms with Crippen LogP contribution in [0.3, 0.4) is 0 Å². The maximum atomic E-state index is 9.85. The number of hydrogen-bond donors (Lipinski definition) is 0. The molecule has 0 fully saturated rings. The number of halogens is 1. The van der Waals surface area contributed by atoms with E-state index in [1.54, 1.807) is 13.8 Å². The first-order valence-electron chi connectivity index (χ1n) is 2.07. The van der Waals surface area contributed by atoms with Crippen LogP contribution in [0.5, 0.6) is 0 Å². The molecule has 0 amide bonds. The smallest absolute Gasteiger partial charge is 0.205 e. The number of rotatable bonds is 2. The highest BCUT2D eigenvalue weighted by Gasteiger charge is 2.14. The molecule has 2 heteroatoms. The van der Waals surface area contributed by atoms with Gasteiger partial charge in [-0.1, -0.05) is 13.8 Å². The summed E-state index contributed by atoms with van der Waals surface area (Å²) in [5.74, 6) is 0.344. The molecule has 0 unspecified atom stereocenters. The Labute approximate surface area is 48.7 Å². The largest absolute Gasteiger partial charge is 0.290 e. The van der Waals surface area contributed by atoms with Crippen LogP contribution in [0.1, 0.15) is 13.8 Å². The van der Waals surface area contributed by atoms with E-state index in [4.69, 9.17) is 11.6 Å². The minimum absolute atomic E-state index is 0.344. The molecule has 0 aliphatic rings. The van der Waals surface area contributed by atoms with Gasteiger partial charge in [0.25, 0.3) is 0 Å². The first-order valence-corrected chi connectivity index (χ1v) is 2.61. The van der Waals surface area contributed by atoms with Crippen molar-refractivity contribution in [1.29, 1.82) is 0 Å². The van der Waals surface area contributed by atoms with Gasteiger partial charge in [0.2, 0.25) is 6.29 Å². The van der Waals surface area contributed by atoms with Gasteiger partial charge in [-0.05, 0) is 0 Å². The van der Waals surface area contributed by atoms with E-state index in [9.17, 15) is 4.79 Å². The summed E-state index contributed by atoms with van der Waals surface area (Å²) >= 11 is 5.33. The van der Waals surface area contributed by atoms with E-state index < -0.39 is 5.41 Å². The van der Waals surface area contributed by atoms with Crippen LogP contribution < -0.4 is 0 Å². The predicted molar refractivity (Wildman–Crippen MR) is 30.2 cm³/mol. The lowest BCUT2D eigenvalue weighted by molar-refractivity contribution is 0.483. The number of alkyl halides is 1. The lowest BCUT2D eigenvalue weighted by Gasteiger charge is -2.07. The van der Waals surface area contributed by atoms with E-state index in [0.29, 0.717) is 5.88 Å². The monoisotopic (exact) mass is 119 g/mol. The van der Waals surface area contributed by atoms with Crippen LogP contribution in [0.4, 0.5) is 0 Å². The van der Waals surface area contributed by atoms with Crippen molar-refractivity contribution >= 4 is 17.9 Å². The quantitative estimate of drug-likeness (QED) is 0.502. The molecule has 0 aromatic carbocycles. The summed E-state index contributed by atoms with van der Waals surface area (Å²) in [6, 6.07) is 0. The third-order valence-corrected chi connectivity index (χ3v) is 1.28. The van der Waals surface area contributed by atoms with Crippen molar-refractivity contribution < 1.29 is 4.79 Å². The second-order valence-electron chi connectivity index (χ2n) is 2.12. The van der Waals surface area contributed by atoms with Gasteiger partial charge in [-0.15, -0.1) is 11.6 Å². The van der Waals surface area contributed by atoms with Gasteiger partial charge < -0.3 is 0 Å². The minimum Gasteiger partial charge on any atom is -0.290 e. The fourth-order valence-corrected chi connectivity index (χ4v) is 0.0818. The molecule has 0 aromatic heterocycles. The maximum absolute atomic E-state index is 9.85. The number of hydrogen-bond acceptors (Lipinski definition) is 1. The van der Waals surface area contributed by atoms with E-state index >= 15 is 0 Å². The lowest BCUT2D eigenvalue weighted by Crippen LogP contribution is -2.13. The van der Waals surface area contributed by atoms with Crippen molar-refractivity contribution in [2.75, 3.05) is 5.88 Å². The average molecular weight is 120 g/mol. The van der Waals surface area contributed by atoms with E-state index in [2.05, 4.69) is 0 Å². The molecule has 0 aliphatic carbocycles. The average Bonchev–Trinajstić information content (AvgIpc) is 1.68. The minimum atomic E-state index is -0.457. The van der Waals surface area contributed by atoms with Gasteiger partial charge in [-0.25, -0.2) is 0 Å². The fourth-order valence-electron chi connectivity index (χ4n) is 0.0273. The third kappa shape index (κ3) is 2.63. The van der Waals surface area contributed by atoms with Crippen molar-refractivity contribution in [2.45, 2.75) is 13.8 Å². The predicted octanol–water partition coefficient (Wildman–Crippen LogP) is 1.36. The van der Waals surface area contributed by atoms with Crippen LogP contribution in [-0.4, -0.2) is 12.2 Å². The van der Waals surface area contributed by atoms with Crippen LogP contribution in [0.2, 0.25) is 0 Å². The molecular weight excluding hydrogens is 112 g/mol. The Bertz CT molecular complexity index is 68.5. The second kappa shape index (κ2) is 2.31. The highest BCUT2D eigenvalue weighted by Crippen LogP contribution is 2.11. The van der Waals surface area contributed by atoms with E-state index in [-0.39, 0.29) is 0 Å². The molecule has 0 saturated carbocycles. The summed E-state index contributed by atoms with van der Waals surface area (Å²) < 4.78 is 0. The van der Waals surface area contributed by atoms with Gasteiger partial charge in [0, 0.05) is 11.3 Å². The van der Waals surface area contributed by atoms with Crippen LogP contribution >= 0.6 is 11.6 Å². The summed E-state index contributed by atoms with van der Waals surface area (Å²) in [6.45, 7) is 3.49. The Balaban J connectivity index is 3.58. The second-order valence-corrected chi connectivity index (χ2v) is 2.39. The standard InChI is InChI=1S/C5H8ClO/c1-5(2,3-6)4-7/h3H2,1-2H3. The molecule has 0 spiro atoms. The Morgan fingerprint density at radius 1 is 1.71 bits per heavy atom. The fraction of sp³-hybridized carbons (Fsp3) is 0.800. The molecule has 1 nitrogen and oxygen atoms in total. The van der Waals surface area contributed by atoms with Crippen molar-refractivity contribution in [3.8, 4) is 0 Å². The summed E-state index contributed by atoms with van der Waals surface area (Å²) in [6.07, 6.45) is 1.81. The normalized spacial score (nSPS) is 11.3. The Kier molecular flexibility index (Phi) is 2.30. The summed E-state index contributed by atoms with van der Waals surface area (Å²) in [4.78, 5) is 9.85. The topological polar surface area (TPSA) is 17.1 Å². The van der Waals surface area contributed by atoms with Gasteiger partial charge in [-0.3, -0.25) is 4.79 Å². The van der Waals surface area contributed by atoms with Crippen LogP contribution in [0.15, 0.2) is 0 Å². The molecule has 1 radical (unpaired) electrons. The van der Waals surface area contributed by atoms with Gasteiger partial charge in [0.1, 0.15) is 0 Å². The zero-order chi connectivity index (χ0) is 5.91. The lowest BCUT2D eigenvalue weighted by atomic mass is 10.00. The number of carbonyl (C=O) groups excluding carboxylic acids is 1. The SMILES string of the molecule is CC(C)([C]=O)CCl. The zero-order valence-electron chi connectivity index (χ0n) is 4.49. The van der Waals surface area contributed by atoms with Crippen LogP contribution in [0, 0.1) is 5.41 Å². The molecule has 0 aromatic rings. The van der Waals surface area contributed by atoms with Gasteiger partial charge >= 0.3 is 0 Å². The maximum Gasteiger partial charge on any atom is 0.205 e. The molecule has 0 heterocycles. The van der Waals surface area contributed by atoms with E-state index in [0.717, 1.165) is 0 Å². The highest BCUT2D eigenvalue weighted by atomic mass is 35.5. The first-order chi connectivity index (χ1) is 3.12. The summed E-state index contributed by atoms with van der Waals surface area (Å²) in [5.41, 5.74) is -0.457. The van der Waals surface area contributed by atoms with E-state index in [1.165, 1.54) is 0 Å². The molecule has 0 atom stereocenters.